The minimum Gasteiger partial charge on any atom is -0.493 e. The van der Waals surface area contributed by atoms with Gasteiger partial charge in [0.15, 0.2) is 11.5 Å². The molecule has 0 aliphatic rings. The molecule has 0 saturated carbocycles. The van der Waals surface area contributed by atoms with E-state index < -0.39 is 0 Å². The Morgan fingerprint density at radius 2 is 1.84 bits per heavy atom. The molecule has 3 aromatic carbocycles. The van der Waals surface area contributed by atoms with Crippen LogP contribution in [0.2, 0.25) is 0 Å². The summed E-state index contributed by atoms with van der Waals surface area (Å²) in [5.74, 6) is 0.315. The van der Waals surface area contributed by atoms with Crippen molar-refractivity contribution in [3.8, 4) is 17.6 Å². The van der Waals surface area contributed by atoms with E-state index in [2.05, 4.69) is 37.8 Å². The number of methoxy groups -OCH3 is 1. The van der Waals surface area contributed by atoms with E-state index in [1.807, 2.05) is 44.2 Å². The van der Waals surface area contributed by atoms with Crippen molar-refractivity contribution in [3.05, 3.63) is 86.9 Å². The van der Waals surface area contributed by atoms with E-state index in [1.165, 1.54) is 13.3 Å². The highest BCUT2D eigenvalue weighted by molar-refractivity contribution is 9.10. The molecule has 0 saturated heterocycles. The Morgan fingerprint density at radius 1 is 1.08 bits per heavy atom. The SMILES string of the molecule is COc1cc(C=NNC(=O)CCC(=O)Nc2cccc(C)c2C)cc(Br)c1OCc1ccccc1C#N. The number of nitriles is 1. The molecule has 0 aliphatic carbocycles. The number of nitrogens with zero attached hydrogens (tertiary/aromatic N) is 2. The zero-order valence-electron chi connectivity index (χ0n) is 20.8. The Morgan fingerprint density at radius 3 is 2.59 bits per heavy atom. The van der Waals surface area contributed by atoms with Crippen LogP contribution in [0.3, 0.4) is 0 Å². The number of hydrazone groups is 1. The van der Waals surface area contributed by atoms with Crippen molar-refractivity contribution in [3.63, 3.8) is 0 Å². The summed E-state index contributed by atoms with van der Waals surface area (Å²) in [5.41, 5.74) is 7.21. The number of ether oxygens (including phenoxy) is 2. The standard InChI is InChI=1S/C28H27BrN4O4/c1-18-7-6-10-24(19(18)2)32-26(34)11-12-27(35)33-31-16-20-13-23(29)28(25(14-20)36-3)37-17-22-9-5-4-8-21(22)15-30/h4-10,13-14,16H,11-12,17H2,1-3H3,(H,32,34)(H,33,35). The molecule has 3 aromatic rings. The summed E-state index contributed by atoms with van der Waals surface area (Å²) >= 11 is 3.48. The summed E-state index contributed by atoms with van der Waals surface area (Å²) in [6.07, 6.45) is 1.50. The number of carbonyl (C=O) groups excluding carboxylic acids is 2. The third-order valence-corrected chi connectivity index (χ3v) is 6.21. The molecule has 8 nitrogen and oxygen atoms in total. The van der Waals surface area contributed by atoms with E-state index in [0.717, 1.165) is 22.4 Å². The van der Waals surface area contributed by atoms with Gasteiger partial charge in [-0.05, 0) is 70.7 Å². The van der Waals surface area contributed by atoms with E-state index in [9.17, 15) is 14.9 Å². The number of carbonyl (C=O) groups is 2. The fourth-order valence-corrected chi connectivity index (χ4v) is 3.99. The number of rotatable bonds is 10. The molecule has 0 spiro atoms. The molecular formula is C28H27BrN4O4. The van der Waals surface area contributed by atoms with Crippen LogP contribution in [0.5, 0.6) is 11.5 Å². The second kappa shape index (κ2) is 13.2. The number of anilines is 1. The van der Waals surface area contributed by atoms with Gasteiger partial charge in [0.05, 0.1) is 29.4 Å². The fraction of sp³-hybridized carbons (Fsp3) is 0.214. The Kier molecular flexibility index (Phi) is 9.81. The fourth-order valence-electron chi connectivity index (χ4n) is 3.42. The molecule has 0 aromatic heterocycles. The van der Waals surface area contributed by atoms with Crippen LogP contribution < -0.4 is 20.2 Å². The maximum absolute atomic E-state index is 12.2. The minimum atomic E-state index is -0.380. The molecular weight excluding hydrogens is 536 g/mol. The van der Waals surface area contributed by atoms with Gasteiger partial charge in [-0.1, -0.05) is 30.3 Å². The average Bonchev–Trinajstić information content (AvgIpc) is 2.89. The molecule has 190 valence electrons. The second-order valence-corrected chi connectivity index (χ2v) is 9.03. The van der Waals surface area contributed by atoms with Gasteiger partial charge in [0.2, 0.25) is 11.8 Å². The third kappa shape index (κ3) is 7.66. The lowest BCUT2D eigenvalue weighted by Crippen LogP contribution is -2.21. The van der Waals surface area contributed by atoms with Crippen LogP contribution in [0, 0.1) is 25.2 Å². The van der Waals surface area contributed by atoms with Crippen molar-refractivity contribution in [2.75, 3.05) is 12.4 Å². The summed E-state index contributed by atoms with van der Waals surface area (Å²) in [4.78, 5) is 24.4. The highest BCUT2D eigenvalue weighted by Gasteiger charge is 2.13. The van der Waals surface area contributed by atoms with E-state index in [-0.39, 0.29) is 31.3 Å². The number of amides is 2. The lowest BCUT2D eigenvalue weighted by molar-refractivity contribution is -0.124. The highest BCUT2D eigenvalue weighted by atomic mass is 79.9. The van der Waals surface area contributed by atoms with Crippen LogP contribution in [-0.4, -0.2) is 25.1 Å². The zero-order chi connectivity index (χ0) is 26.8. The Balaban J connectivity index is 1.54. The van der Waals surface area contributed by atoms with Gasteiger partial charge in [0.25, 0.3) is 0 Å². The van der Waals surface area contributed by atoms with Gasteiger partial charge in [0, 0.05) is 24.1 Å². The predicted octanol–water partition coefficient (Wildman–Crippen LogP) is 5.39. The summed E-state index contributed by atoms with van der Waals surface area (Å²) < 4.78 is 12.0. The van der Waals surface area contributed by atoms with E-state index in [4.69, 9.17) is 9.47 Å². The lowest BCUT2D eigenvalue weighted by Gasteiger charge is -2.14. The maximum atomic E-state index is 12.2. The molecule has 2 N–H and O–H groups in total. The van der Waals surface area contributed by atoms with Gasteiger partial charge < -0.3 is 14.8 Å². The Labute approximate surface area is 224 Å². The number of hydrogen-bond donors (Lipinski definition) is 2. The second-order valence-electron chi connectivity index (χ2n) is 8.18. The number of aryl methyl sites for hydroxylation is 1. The Bertz CT molecular complexity index is 1360. The van der Waals surface area contributed by atoms with Gasteiger partial charge >= 0.3 is 0 Å². The topological polar surface area (TPSA) is 113 Å². The van der Waals surface area contributed by atoms with Gasteiger partial charge in [0.1, 0.15) is 6.61 Å². The molecule has 0 atom stereocenters. The van der Waals surface area contributed by atoms with Crippen LogP contribution >= 0.6 is 15.9 Å². The Hall–Kier alpha value is -4.16. The molecule has 0 fully saturated rings. The molecule has 2 amide bonds. The first-order valence-electron chi connectivity index (χ1n) is 11.5. The lowest BCUT2D eigenvalue weighted by atomic mass is 10.1. The summed E-state index contributed by atoms with van der Waals surface area (Å²) in [5, 5.41) is 16.1. The van der Waals surface area contributed by atoms with Gasteiger partial charge in [-0.3, -0.25) is 9.59 Å². The van der Waals surface area contributed by atoms with Crippen LogP contribution in [-0.2, 0) is 16.2 Å². The summed E-state index contributed by atoms with van der Waals surface area (Å²) in [6, 6.07) is 18.5. The molecule has 0 unspecified atom stereocenters. The summed E-state index contributed by atoms with van der Waals surface area (Å²) in [7, 11) is 1.52. The minimum absolute atomic E-state index is 0.00198. The van der Waals surface area contributed by atoms with Crippen LogP contribution in [0.15, 0.2) is 64.2 Å². The van der Waals surface area contributed by atoms with Gasteiger partial charge in [-0.25, -0.2) is 5.43 Å². The van der Waals surface area contributed by atoms with Crippen molar-refractivity contribution in [1.29, 1.82) is 5.26 Å². The molecule has 0 aliphatic heterocycles. The number of nitrogens with one attached hydrogen (secondary N) is 2. The normalized spacial score (nSPS) is 10.6. The van der Waals surface area contributed by atoms with Crippen LogP contribution in [0.1, 0.15) is 40.7 Å². The highest BCUT2D eigenvalue weighted by Crippen LogP contribution is 2.37. The number of hydrogen-bond acceptors (Lipinski definition) is 6. The maximum Gasteiger partial charge on any atom is 0.240 e. The first-order chi connectivity index (χ1) is 17.8. The molecule has 9 heteroatoms. The van der Waals surface area contributed by atoms with Gasteiger partial charge in [-0.2, -0.15) is 10.4 Å². The molecule has 37 heavy (non-hydrogen) atoms. The molecule has 0 radical (unpaired) electrons. The van der Waals surface area contributed by atoms with E-state index in [1.54, 1.807) is 24.3 Å². The third-order valence-electron chi connectivity index (χ3n) is 5.62. The summed E-state index contributed by atoms with van der Waals surface area (Å²) in [6.45, 7) is 4.10. The predicted molar refractivity (Wildman–Crippen MR) is 146 cm³/mol. The number of halogens is 1. The number of benzene rings is 3. The van der Waals surface area contributed by atoms with E-state index >= 15 is 0 Å². The quantitative estimate of drug-likeness (QED) is 0.254. The zero-order valence-corrected chi connectivity index (χ0v) is 22.4. The van der Waals surface area contributed by atoms with Crippen molar-refractivity contribution >= 4 is 39.6 Å². The largest absolute Gasteiger partial charge is 0.493 e. The van der Waals surface area contributed by atoms with Crippen molar-refractivity contribution in [2.45, 2.75) is 33.3 Å². The average molecular weight is 563 g/mol. The monoisotopic (exact) mass is 562 g/mol. The van der Waals surface area contributed by atoms with Gasteiger partial charge in [-0.15, -0.1) is 0 Å². The first kappa shape index (κ1) is 27.4. The molecule has 0 heterocycles. The smallest absolute Gasteiger partial charge is 0.240 e. The first-order valence-corrected chi connectivity index (χ1v) is 12.3. The molecule has 0 bridgehead atoms. The van der Waals surface area contributed by atoms with E-state index in [0.29, 0.717) is 27.1 Å². The van der Waals surface area contributed by atoms with Crippen LogP contribution in [0.4, 0.5) is 5.69 Å². The van der Waals surface area contributed by atoms with Crippen molar-refractivity contribution < 1.29 is 19.1 Å². The van der Waals surface area contributed by atoms with Crippen molar-refractivity contribution in [2.24, 2.45) is 5.10 Å². The molecule has 3 rings (SSSR count). The van der Waals surface area contributed by atoms with Crippen LogP contribution in [0.25, 0.3) is 0 Å². The van der Waals surface area contributed by atoms with Crippen molar-refractivity contribution in [1.82, 2.24) is 5.43 Å².